The maximum absolute atomic E-state index is 13.5. The van der Waals surface area contributed by atoms with Crippen molar-refractivity contribution in [3.63, 3.8) is 0 Å². The molecule has 0 radical (unpaired) electrons. The molecule has 11 nitrogen and oxygen atoms in total. The van der Waals surface area contributed by atoms with Crippen LogP contribution in [0.5, 0.6) is 0 Å². The lowest BCUT2D eigenvalue weighted by atomic mass is 10.1. The topological polar surface area (TPSA) is 149 Å². The minimum atomic E-state index is -1.18. The lowest BCUT2D eigenvalue weighted by Gasteiger charge is -2.22. The Hall–Kier alpha value is -3.51. The van der Waals surface area contributed by atoms with Crippen molar-refractivity contribution in [2.75, 3.05) is 6.61 Å². The fourth-order valence-electron chi connectivity index (χ4n) is 3.35. The van der Waals surface area contributed by atoms with Crippen LogP contribution in [0, 0.1) is 11.7 Å². The number of aliphatic hydroxyl groups is 1. The van der Waals surface area contributed by atoms with E-state index in [4.69, 9.17) is 14.2 Å². The quantitative estimate of drug-likeness (QED) is 0.471. The number of amides is 1. The molecule has 1 saturated heterocycles. The van der Waals surface area contributed by atoms with Crippen molar-refractivity contribution >= 4 is 12.1 Å². The van der Waals surface area contributed by atoms with Gasteiger partial charge in [0.1, 0.15) is 31.6 Å². The molecule has 0 unspecified atom stereocenters. The Balaban J connectivity index is 1.54. The highest BCUT2D eigenvalue weighted by Gasteiger charge is 2.37. The third-order valence-electron chi connectivity index (χ3n) is 5.24. The van der Waals surface area contributed by atoms with Crippen LogP contribution in [0.25, 0.3) is 0 Å². The molecule has 4 atom stereocenters. The lowest BCUT2D eigenvalue weighted by Crippen LogP contribution is -2.46. The zero-order valence-corrected chi connectivity index (χ0v) is 18.6. The van der Waals surface area contributed by atoms with Gasteiger partial charge in [0.15, 0.2) is 0 Å². The number of nitrogens with one attached hydrogen (secondary N) is 2. The number of H-pyrrole nitrogens is 1. The highest BCUT2D eigenvalue weighted by molar-refractivity contribution is 5.81. The van der Waals surface area contributed by atoms with Crippen molar-refractivity contribution in [2.45, 2.75) is 51.4 Å². The fraction of sp³-hybridized carbons (Fsp3) is 0.455. The summed E-state index contributed by atoms with van der Waals surface area (Å²) in [5.74, 6) is -2.28. The number of rotatable bonds is 8. The third-order valence-corrected chi connectivity index (χ3v) is 5.24. The summed E-state index contributed by atoms with van der Waals surface area (Å²) < 4.78 is 30.2. The number of alkyl carbamates (subject to hydrolysis) is 1. The van der Waals surface area contributed by atoms with Gasteiger partial charge in [0.25, 0.3) is 5.56 Å². The van der Waals surface area contributed by atoms with Crippen LogP contribution < -0.4 is 16.6 Å². The Morgan fingerprint density at radius 1 is 1.26 bits per heavy atom. The minimum absolute atomic E-state index is 0.0285. The van der Waals surface area contributed by atoms with Crippen molar-refractivity contribution in [2.24, 2.45) is 5.92 Å². The van der Waals surface area contributed by atoms with E-state index in [-0.39, 0.29) is 25.6 Å². The van der Waals surface area contributed by atoms with Crippen LogP contribution in [0.4, 0.5) is 9.18 Å². The molecule has 3 N–H and O–H groups in total. The molecule has 1 aromatic carbocycles. The zero-order chi connectivity index (χ0) is 24.8. The number of aromatic nitrogens is 2. The van der Waals surface area contributed by atoms with E-state index in [1.165, 1.54) is 0 Å². The molecule has 0 spiro atoms. The SMILES string of the molecule is CC(C)[C@H](NC(=O)OCc1ccccc1)C(=O)OC[C@H]1O[C@@H](n2cc(F)c(=O)[nH]c2=O)C[C@@H]1O. The van der Waals surface area contributed by atoms with Gasteiger partial charge in [-0.05, 0) is 11.5 Å². The van der Waals surface area contributed by atoms with Gasteiger partial charge in [-0.2, -0.15) is 4.39 Å². The van der Waals surface area contributed by atoms with Crippen molar-refractivity contribution in [1.29, 1.82) is 0 Å². The van der Waals surface area contributed by atoms with Gasteiger partial charge in [-0.1, -0.05) is 44.2 Å². The molecule has 34 heavy (non-hydrogen) atoms. The van der Waals surface area contributed by atoms with Crippen LogP contribution in [0.2, 0.25) is 0 Å². The van der Waals surface area contributed by atoms with Crippen LogP contribution in [0.1, 0.15) is 32.1 Å². The van der Waals surface area contributed by atoms with Gasteiger partial charge in [-0.25, -0.2) is 14.4 Å². The molecule has 3 rings (SSSR count). The maximum atomic E-state index is 13.5. The van der Waals surface area contributed by atoms with E-state index in [0.717, 1.165) is 10.1 Å². The number of esters is 1. The van der Waals surface area contributed by atoms with E-state index in [9.17, 15) is 28.7 Å². The van der Waals surface area contributed by atoms with E-state index < -0.39 is 53.6 Å². The normalized spacial score (nSPS) is 20.7. The molecule has 2 aromatic rings. The second-order valence-corrected chi connectivity index (χ2v) is 8.13. The highest BCUT2D eigenvalue weighted by Crippen LogP contribution is 2.28. The average Bonchev–Trinajstić information content (AvgIpc) is 3.17. The summed E-state index contributed by atoms with van der Waals surface area (Å²) in [6.07, 6.45) is -3.40. The number of carbonyl (C=O) groups excluding carboxylic acids is 2. The number of hydrogen-bond donors (Lipinski definition) is 3. The molecule has 184 valence electrons. The maximum Gasteiger partial charge on any atom is 0.408 e. The number of carbonyl (C=O) groups is 2. The van der Waals surface area contributed by atoms with Gasteiger partial charge in [-0.3, -0.25) is 14.3 Å². The second kappa shape index (κ2) is 11.1. The van der Waals surface area contributed by atoms with E-state index in [1.54, 1.807) is 38.1 Å². The third kappa shape index (κ3) is 6.29. The number of benzene rings is 1. The van der Waals surface area contributed by atoms with Crippen molar-refractivity contribution in [3.8, 4) is 0 Å². The molecule has 0 saturated carbocycles. The van der Waals surface area contributed by atoms with Gasteiger partial charge in [0, 0.05) is 6.42 Å². The first-order chi connectivity index (χ1) is 16.2. The smallest absolute Gasteiger partial charge is 0.408 e. The molecule has 1 aliphatic rings. The number of nitrogens with zero attached hydrogens (tertiary/aromatic N) is 1. The molecule has 1 aliphatic heterocycles. The summed E-state index contributed by atoms with van der Waals surface area (Å²) in [6, 6.07) is 8.00. The average molecular weight is 479 g/mol. The predicted molar refractivity (Wildman–Crippen MR) is 115 cm³/mol. The Labute approximate surface area is 193 Å². The fourth-order valence-corrected chi connectivity index (χ4v) is 3.35. The van der Waals surface area contributed by atoms with Crippen LogP contribution in [-0.4, -0.2) is 51.6 Å². The molecule has 12 heteroatoms. The first-order valence-corrected chi connectivity index (χ1v) is 10.6. The largest absolute Gasteiger partial charge is 0.461 e. The predicted octanol–water partition coefficient (Wildman–Crippen LogP) is 0.818. The highest BCUT2D eigenvalue weighted by atomic mass is 19.1. The monoisotopic (exact) mass is 479 g/mol. The summed E-state index contributed by atoms with van der Waals surface area (Å²) in [4.78, 5) is 49.6. The van der Waals surface area contributed by atoms with Gasteiger partial charge in [0.05, 0.1) is 12.3 Å². The van der Waals surface area contributed by atoms with Crippen molar-refractivity contribution < 1.29 is 33.3 Å². The summed E-state index contributed by atoms with van der Waals surface area (Å²) >= 11 is 0. The van der Waals surface area contributed by atoms with E-state index in [0.29, 0.717) is 6.20 Å². The van der Waals surface area contributed by atoms with Crippen molar-refractivity contribution in [1.82, 2.24) is 14.9 Å². The van der Waals surface area contributed by atoms with Gasteiger partial charge < -0.3 is 24.6 Å². The zero-order valence-electron chi connectivity index (χ0n) is 18.6. The van der Waals surface area contributed by atoms with E-state index in [1.807, 2.05) is 11.1 Å². The van der Waals surface area contributed by atoms with E-state index in [2.05, 4.69) is 5.32 Å². The number of hydrogen-bond acceptors (Lipinski definition) is 8. The number of halogens is 1. The Kier molecular flexibility index (Phi) is 8.18. The molecule has 0 bridgehead atoms. The Morgan fingerprint density at radius 2 is 1.97 bits per heavy atom. The molecule has 2 heterocycles. The van der Waals surface area contributed by atoms with E-state index >= 15 is 0 Å². The number of ether oxygens (including phenoxy) is 3. The van der Waals surface area contributed by atoms with Crippen LogP contribution in [0.15, 0.2) is 46.1 Å². The number of aromatic amines is 1. The molecule has 1 amide bonds. The summed E-state index contributed by atoms with van der Waals surface area (Å²) in [6.45, 7) is 3.07. The van der Waals surface area contributed by atoms with Crippen LogP contribution in [-0.2, 0) is 25.6 Å². The Morgan fingerprint density at radius 3 is 2.65 bits per heavy atom. The summed E-state index contributed by atoms with van der Waals surface area (Å²) in [7, 11) is 0. The molecular weight excluding hydrogens is 453 g/mol. The summed E-state index contributed by atoms with van der Waals surface area (Å²) in [5, 5.41) is 12.7. The van der Waals surface area contributed by atoms with Crippen LogP contribution in [0.3, 0.4) is 0 Å². The van der Waals surface area contributed by atoms with Gasteiger partial charge >= 0.3 is 17.8 Å². The molecule has 1 aromatic heterocycles. The van der Waals surface area contributed by atoms with Crippen molar-refractivity contribution in [3.05, 3.63) is 68.7 Å². The standard InChI is InChI=1S/C22H26FN3O8/c1-12(2)18(24-22(31)33-10-13-6-4-3-5-7-13)20(29)32-11-16-15(27)8-17(34-16)26-9-14(23)19(28)25-21(26)30/h3-7,9,12,15-18,27H,8,10-11H2,1-2H3,(H,24,31)(H,25,28,30)/t15-,16+,17+,18-/m0/s1. The molecule has 1 fully saturated rings. The number of aliphatic hydroxyl groups excluding tert-OH is 1. The first kappa shape index (κ1) is 25.1. The Bertz CT molecular complexity index is 1120. The van der Waals surface area contributed by atoms with Gasteiger partial charge in [-0.15, -0.1) is 0 Å². The van der Waals surface area contributed by atoms with Crippen LogP contribution >= 0.6 is 0 Å². The molecule has 0 aliphatic carbocycles. The molecular formula is C22H26FN3O8. The summed E-state index contributed by atoms with van der Waals surface area (Å²) in [5.41, 5.74) is -1.29. The lowest BCUT2D eigenvalue weighted by molar-refractivity contribution is -0.153. The second-order valence-electron chi connectivity index (χ2n) is 8.13. The van der Waals surface area contributed by atoms with Gasteiger partial charge in [0.2, 0.25) is 5.82 Å². The minimum Gasteiger partial charge on any atom is -0.461 e. The first-order valence-electron chi connectivity index (χ1n) is 10.6.